The molecule has 3 saturated heterocycles. The van der Waals surface area contributed by atoms with Crippen molar-refractivity contribution >= 4 is 16.1 Å². The minimum Gasteiger partial charge on any atom is -0.443 e. The molecule has 0 radical (unpaired) electrons. The Morgan fingerprint density at radius 3 is 2.42 bits per heavy atom. The summed E-state index contributed by atoms with van der Waals surface area (Å²) in [5, 5.41) is 0. The van der Waals surface area contributed by atoms with Crippen molar-refractivity contribution in [3.63, 3.8) is 0 Å². The number of ether oxygens (including phenoxy) is 4. The maximum Gasteiger partial charge on any atom is 0.410 e. The van der Waals surface area contributed by atoms with Crippen LogP contribution in [0.1, 0.15) is 47.0 Å². The zero-order chi connectivity index (χ0) is 24.0. The second-order valence-electron chi connectivity index (χ2n) is 10.1. The lowest BCUT2D eigenvalue weighted by Crippen LogP contribution is -2.57. The Morgan fingerprint density at radius 2 is 1.88 bits per heavy atom. The summed E-state index contributed by atoms with van der Waals surface area (Å²) in [4.78, 5) is 14.5. The van der Waals surface area contributed by atoms with Gasteiger partial charge in [-0.25, -0.2) is 13.2 Å². The van der Waals surface area contributed by atoms with Crippen LogP contribution in [-0.4, -0.2) is 98.9 Å². The molecule has 1 spiro atoms. The van der Waals surface area contributed by atoms with Crippen molar-refractivity contribution in [2.75, 3.05) is 45.6 Å². The van der Waals surface area contributed by atoms with E-state index in [0.717, 1.165) is 12.8 Å². The van der Waals surface area contributed by atoms with Crippen molar-refractivity contribution in [1.82, 2.24) is 9.21 Å². The van der Waals surface area contributed by atoms with E-state index in [0.29, 0.717) is 39.2 Å². The molecule has 0 N–H and O–H groups in total. The van der Waals surface area contributed by atoms with Crippen molar-refractivity contribution in [1.29, 1.82) is 0 Å². The van der Waals surface area contributed by atoms with Gasteiger partial charge < -0.3 is 23.8 Å². The van der Waals surface area contributed by atoms with E-state index in [9.17, 15) is 13.2 Å². The average Bonchev–Trinajstić information content (AvgIpc) is 3.70. The van der Waals surface area contributed by atoms with Crippen molar-refractivity contribution in [3.05, 3.63) is 11.6 Å². The molecule has 10 heteroatoms. The molecule has 3 heterocycles. The van der Waals surface area contributed by atoms with Crippen LogP contribution in [0.2, 0.25) is 0 Å². The normalized spacial score (nSPS) is 38.8. The smallest absolute Gasteiger partial charge is 0.410 e. The van der Waals surface area contributed by atoms with Gasteiger partial charge in [0.05, 0.1) is 24.4 Å². The molecule has 6 atom stereocenters. The van der Waals surface area contributed by atoms with Gasteiger partial charge in [-0.05, 0) is 47.0 Å². The highest BCUT2D eigenvalue weighted by Gasteiger charge is 2.72. The van der Waals surface area contributed by atoms with E-state index in [1.165, 1.54) is 9.88 Å². The molecule has 3 aliphatic heterocycles. The van der Waals surface area contributed by atoms with Gasteiger partial charge in [-0.3, -0.25) is 0 Å². The molecule has 188 valence electrons. The third-order valence-electron chi connectivity index (χ3n) is 7.74. The van der Waals surface area contributed by atoms with Crippen LogP contribution in [0.25, 0.3) is 0 Å². The van der Waals surface area contributed by atoms with Gasteiger partial charge in [-0.1, -0.05) is 11.6 Å². The summed E-state index contributed by atoms with van der Waals surface area (Å²) < 4.78 is 49.7. The Hall–Kier alpha value is -1.20. The Labute approximate surface area is 197 Å². The minimum absolute atomic E-state index is 0.0244. The maximum absolute atomic E-state index is 13.0. The molecule has 9 nitrogen and oxygen atoms in total. The summed E-state index contributed by atoms with van der Waals surface area (Å²) in [6, 6.07) is 0. The molecule has 33 heavy (non-hydrogen) atoms. The summed E-state index contributed by atoms with van der Waals surface area (Å²) in [6.07, 6.45) is 3.46. The number of hydrogen-bond donors (Lipinski definition) is 0. The highest BCUT2D eigenvalue weighted by atomic mass is 32.2. The number of sulfonamides is 1. The summed E-state index contributed by atoms with van der Waals surface area (Å²) in [5.74, 6) is 0.0408. The van der Waals surface area contributed by atoms with Crippen LogP contribution < -0.4 is 0 Å². The van der Waals surface area contributed by atoms with E-state index in [-0.39, 0.29) is 35.1 Å². The van der Waals surface area contributed by atoms with Crippen molar-refractivity contribution in [2.45, 2.75) is 76.5 Å². The SMILES string of the molecule is CCS(=O)(=O)N1CCN(C(=O)OC2CCC3(CO3)C(C3(C)OC3CC=C(C)C)C2OC)CC1. The third-order valence-corrected chi connectivity index (χ3v) is 9.63. The van der Waals surface area contributed by atoms with Crippen LogP contribution in [0, 0.1) is 5.92 Å². The van der Waals surface area contributed by atoms with Crippen molar-refractivity contribution in [3.8, 4) is 0 Å². The first kappa shape index (κ1) is 24.9. The number of amides is 1. The Bertz CT molecular complexity index is 875. The molecule has 0 bridgehead atoms. The zero-order valence-electron chi connectivity index (χ0n) is 20.4. The second-order valence-corrected chi connectivity index (χ2v) is 12.3. The van der Waals surface area contributed by atoms with Gasteiger partial charge in [0.25, 0.3) is 0 Å². The molecule has 4 fully saturated rings. The van der Waals surface area contributed by atoms with Crippen molar-refractivity contribution in [2.24, 2.45) is 5.92 Å². The molecule has 0 aromatic rings. The summed E-state index contributed by atoms with van der Waals surface area (Å²) in [6.45, 7) is 9.82. The number of hydrogen-bond acceptors (Lipinski definition) is 7. The van der Waals surface area contributed by atoms with Crippen LogP contribution in [0.5, 0.6) is 0 Å². The third kappa shape index (κ3) is 4.82. The number of allylic oxidation sites excluding steroid dienone is 1. The summed E-state index contributed by atoms with van der Waals surface area (Å²) >= 11 is 0. The average molecular weight is 487 g/mol. The first-order chi connectivity index (χ1) is 15.6. The van der Waals surface area contributed by atoms with E-state index in [1.54, 1.807) is 18.9 Å². The van der Waals surface area contributed by atoms with Gasteiger partial charge in [0.2, 0.25) is 10.0 Å². The van der Waals surface area contributed by atoms with E-state index >= 15 is 0 Å². The maximum atomic E-state index is 13.0. The van der Waals surface area contributed by atoms with E-state index < -0.39 is 22.2 Å². The van der Waals surface area contributed by atoms with Gasteiger partial charge in [0.1, 0.15) is 23.4 Å². The second kappa shape index (κ2) is 9.11. The number of piperazine rings is 1. The van der Waals surface area contributed by atoms with Crippen molar-refractivity contribution < 1.29 is 32.2 Å². The Kier molecular flexibility index (Phi) is 6.88. The number of methoxy groups -OCH3 is 1. The lowest BCUT2D eigenvalue weighted by Gasteiger charge is -2.43. The highest BCUT2D eigenvalue weighted by Crippen LogP contribution is 2.59. The lowest BCUT2D eigenvalue weighted by atomic mass is 9.68. The number of rotatable bonds is 7. The van der Waals surface area contributed by atoms with E-state index in [2.05, 4.69) is 26.8 Å². The van der Waals surface area contributed by atoms with Crippen LogP contribution in [0.15, 0.2) is 11.6 Å². The molecule has 1 amide bonds. The molecule has 1 saturated carbocycles. The topological polar surface area (TPSA) is 101 Å². The van der Waals surface area contributed by atoms with Gasteiger partial charge in [0.15, 0.2) is 0 Å². The molecule has 6 unspecified atom stereocenters. The number of epoxide rings is 2. The molecule has 0 aromatic carbocycles. The Morgan fingerprint density at radius 1 is 1.21 bits per heavy atom. The standard InChI is InChI=1S/C23H38N2O7S/c1-6-33(27,28)25-13-11-24(12-14-25)21(26)31-17-9-10-23(15-30-23)20(19(17)29-5)22(4)18(32-22)8-7-16(2)3/h7,17-20H,6,8-15H2,1-5H3. The summed E-state index contributed by atoms with van der Waals surface area (Å²) in [5.41, 5.74) is 0.614. The quantitative estimate of drug-likeness (QED) is 0.401. The predicted molar refractivity (Wildman–Crippen MR) is 122 cm³/mol. The molecule has 1 aliphatic carbocycles. The van der Waals surface area contributed by atoms with Gasteiger partial charge in [-0.2, -0.15) is 4.31 Å². The van der Waals surface area contributed by atoms with Gasteiger partial charge in [0, 0.05) is 33.3 Å². The van der Waals surface area contributed by atoms with Crippen LogP contribution >= 0.6 is 0 Å². The minimum atomic E-state index is -3.25. The van der Waals surface area contributed by atoms with E-state index in [1.807, 2.05) is 0 Å². The first-order valence-electron chi connectivity index (χ1n) is 12.0. The monoisotopic (exact) mass is 486 g/mol. The van der Waals surface area contributed by atoms with Crippen LogP contribution in [-0.2, 0) is 29.0 Å². The molecule has 4 rings (SSSR count). The molecule has 4 aliphatic rings. The Balaban J connectivity index is 1.41. The lowest BCUT2D eigenvalue weighted by molar-refractivity contribution is -0.122. The zero-order valence-corrected chi connectivity index (χ0v) is 21.2. The molecular formula is C23H38N2O7S. The highest BCUT2D eigenvalue weighted by molar-refractivity contribution is 7.89. The molecular weight excluding hydrogens is 448 g/mol. The van der Waals surface area contributed by atoms with Gasteiger partial charge >= 0.3 is 6.09 Å². The predicted octanol–water partition coefficient (Wildman–Crippen LogP) is 2.17. The van der Waals surface area contributed by atoms with Crippen LogP contribution in [0.3, 0.4) is 0 Å². The first-order valence-corrected chi connectivity index (χ1v) is 13.6. The van der Waals surface area contributed by atoms with E-state index in [4.69, 9.17) is 18.9 Å². The fourth-order valence-corrected chi connectivity index (χ4v) is 6.69. The fourth-order valence-electron chi connectivity index (χ4n) is 5.61. The fraction of sp³-hybridized carbons (Fsp3) is 0.870. The van der Waals surface area contributed by atoms with Crippen LogP contribution in [0.4, 0.5) is 4.79 Å². The number of nitrogens with zero attached hydrogens (tertiary/aromatic N) is 2. The summed E-state index contributed by atoms with van der Waals surface area (Å²) in [7, 11) is -1.59. The largest absolute Gasteiger partial charge is 0.443 e. The van der Waals surface area contributed by atoms with Gasteiger partial charge in [-0.15, -0.1) is 0 Å². The molecule has 0 aromatic heterocycles. The number of carbonyl (C=O) groups is 1. The number of carbonyl (C=O) groups excluding carboxylic acids is 1.